The van der Waals surface area contributed by atoms with Crippen LogP contribution in [0.25, 0.3) is 11.1 Å². The molecule has 0 spiro atoms. The van der Waals surface area contributed by atoms with Gasteiger partial charge in [-0.3, -0.25) is 0 Å². The van der Waals surface area contributed by atoms with Crippen molar-refractivity contribution in [1.82, 2.24) is 4.83 Å². The van der Waals surface area contributed by atoms with Crippen molar-refractivity contribution < 1.29 is 8.42 Å². The van der Waals surface area contributed by atoms with E-state index >= 15 is 0 Å². The Morgan fingerprint density at radius 1 is 0.800 bits per heavy atom. The van der Waals surface area contributed by atoms with E-state index in [4.69, 9.17) is 0 Å². The second kappa shape index (κ2) is 7.63. The lowest BCUT2D eigenvalue weighted by molar-refractivity contribution is 0.584. The van der Waals surface area contributed by atoms with Crippen LogP contribution in [0.5, 0.6) is 0 Å². The summed E-state index contributed by atoms with van der Waals surface area (Å²) in [7, 11) is -3.67. The van der Waals surface area contributed by atoms with E-state index in [1.165, 1.54) is 18.3 Å². The molecule has 0 atom stereocenters. The maximum absolute atomic E-state index is 12.1. The largest absolute Gasteiger partial charge is 0.276 e. The summed E-state index contributed by atoms with van der Waals surface area (Å²) in [6, 6.07) is 24.1. The molecule has 0 heterocycles. The van der Waals surface area contributed by atoms with Crippen LogP contribution in [0.3, 0.4) is 0 Å². The molecular weight excluding hydrogens is 400 g/mol. The highest BCUT2D eigenvalue weighted by molar-refractivity contribution is 9.10. The minimum atomic E-state index is -3.67. The van der Waals surface area contributed by atoms with E-state index in [0.717, 1.165) is 21.2 Å². The molecule has 6 heteroatoms. The molecule has 0 aliphatic rings. The highest BCUT2D eigenvalue weighted by atomic mass is 79.9. The third kappa shape index (κ3) is 4.55. The molecule has 0 aromatic heterocycles. The summed E-state index contributed by atoms with van der Waals surface area (Å²) in [4.78, 5) is 2.38. The van der Waals surface area contributed by atoms with E-state index in [1.807, 2.05) is 54.6 Å². The molecular formula is C19H15BrN2O2S. The van der Waals surface area contributed by atoms with Crippen molar-refractivity contribution >= 4 is 32.2 Å². The fourth-order valence-electron chi connectivity index (χ4n) is 2.23. The highest BCUT2D eigenvalue weighted by Gasteiger charge is 2.11. The van der Waals surface area contributed by atoms with Gasteiger partial charge in [-0.25, -0.2) is 4.83 Å². The first-order chi connectivity index (χ1) is 12.0. The van der Waals surface area contributed by atoms with Crippen LogP contribution < -0.4 is 4.83 Å². The summed E-state index contributed by atoms with van der Waals surface area (Å²) in [6.45, 7) is 0. The first kappa shape index (κ1) is 17.4. The van der Waals surface area contributed by atoms with Gasteiger partial charge in [-0.1, -0.05) is 70.5 Å². The van der Waals surface area contributed by atoms with E-state index in [-0.39, 0.29) is 4.90 Å². The van der Waals surface area contributed by atoms with Gasteiger partial charge in [0.1, 0.15) is 0 Å². The van der Waals surface area contributed by atoms with Gasteiger partial charge in [0, 0.05) is 4.47 Å². The summed E-state index contributed by atoms with van der Waals surface area (Å²) in [6.07, 6.45) is 1.48. The van der Waals surface area contributed by atoms with Crippen molar-refractivity contribution in [1.29, 1.82) is 0 Å². The third-order valence-corrected chi connectivity index (χ3v) is 5.30. The van der Waals surface area contributed by atoms with Gasteiger partial charge in [0.25, 0.3) is 10.0 Å². The lowest BCUT2D eigenvalue weighted by atomic mass is 10.0. The number of sulfonamides is 1. The Labute approximate surface area is 155 Å². The number of hydrogen-bond donors (Lipinski definition) is 1. The van der Waals surface area contributed by atoms with E-state index in [2.05, 4.69) is 25.9 Å². The Bertz CT molecular complexity index is 968. The Morgan fingerprint density at radius 2 is 1.40 bits per heavy atom. The van der Waals surface area contributed by atoms with E-state index < -0.39 is 10.0 Å². The zero-order valence-electron chi connectivity index (χ0n) is 13.1. The van der Waals surface area contributed by atoms with Crippen LogP contribution in [0.2, 0.25) is 0 Å². The minimum absolute atomic E-state index is 0.160. The highest BCUT2D eigenvalue weighted by Crippen LogP contribution is 2.18. The van der Waals surface area contributed by atoms with Crippen LogP contribution in [0.15, 0.2) is 93.3 Å². The van der Waals surface area contributed by atoms with Gasteiger partial charge in [-0.05, 0) is 41.0 Å². The molecule has 3 rings (SSSR count). The van der Waals surface area contributed by atoms with Crippen molar-refractivity contribution in [3.63, 3.8) is 0 Å². The molecule has 0 unspecified atom stereocenters. The number of halogens is 1. The standard InChI is InChI=1S/C19H15BrN2O2S/c20-18-10-12-19(13-11-18)25(23,24)22-21-14-15-6-8-17(9-7-15)16-4-2-1-3-5-16/h1-14,22H. The van der Waals surface area contributed by atoms with Gasteiger partial charge in [0.15, 0.2) is 0 Å². The molecule has 4 nitrogen and oxygen atoms in total. The summed E-state index contributed by atoms with van der Waals surface area (Å²) in [5.74, 6) is 0. The molecule has 0 saturated heterocycles. The first-order valence-electron chi connectivity index (χ1n) is 7.50. The lowest BCUT2D eigenvalue weighted by Crippen LogP contribution is -2.18. The molecule has 0 radical (unpaired) electrons. The lowest BCUT2D eigenvalue weighted by Gasteiger charge is -2.04. The van der Waals surface area contributed by atoms with Crippen LogP contribution in [0, 0.1) is 0 Å². The maximum Gasteiger partial charge on any atom is 0.276 e. The normalized spacial score (nSPS) is 11.6. The maximum atomic E-state index is 12.1. The minimum Gasteiger partial charge on any atom is -0.200 e. The van der Waals surface area contributed by atoms with Crippen molar-refractivity contribution in [2.75, 3.05) is 0 Å². The van der Waals surface area contributed by atoms with Crippen molar-refractivity contribution in [2.24, 2.45) is 5.10 Å². The SMILES string of the molecule is O=S(=O)(NN=Cc1ccc(-c2ccccc2)cc1)c1ccc(Br)cc1. The topological polar surface area (TPSA) is 58.5 Å². The molecule has 0 aliphatic heterocycles. The predicted octanol–water partition coefficient (Wildman–Crippen LogP) is 4.43. The van der Waals surface area contributed by atoms with Crippen molar-refractivity contribution in [2.45, 2.75) is 4.90 Å². The Morgan fingerprint density at radius 3 is 2.04 bits per heavy atom. The molecule has 3 aromatic rings. The molecule has 3 aromatic carbocycles. The zero-order valence-corrected chi connectivity index (χ0v) is 15.5. The Hall–Kier alpha value is -2.44. The van der Waals surface area contributed by atoms with Crippen LogP contribution in [0.1, 0.15) is 5.56 Å². The van der Waals surface area contributed by atoms with E-state index in [9.17, 15) is 8.42 Å². The molecule has 0 fully saturated rings. The van der Waals surface area contributed by atoms with Crippen LogP contribution in [0.4, 0.5) is 0 Å². The Kier molecular flexibility index (Phi) is 5.31. The quantitative estimate of drug-likeness (QED) is 0.495. The van der Waals surface area contributed by atoms with Gasteiger partial charge < -0.3 is 0 Å². The van der Waals surface area contributed by atoms with Gasteiger partial charge >= 0.3 is 0 Å². The number of benzene rings is 3. The molecule has 0 aliphatic carbocycles. The third-order valence-electron chi connectivity index (χ3n) is 3.53. The van der Waals surface area contributed by atoms with Gasteiger partial charge in [-0.2, -0.15) is 13.5 Å². The van der Waals surface area contributed by atoms with Crippen LogP contribution in [-0.4, -0.2) is 14.6 Å². The molecule has 0 saturated carbocycles. The Balaban J connectivity index is 1.69. The molecule has 0 amide bonds. The first-order valence-corrected chi connectivity index (χ1v) is 9.78. The second-order valence-electron chi connectivity index (χ2n) is 5.29. The molecule has 1 N–H and O–H groups in total. The summed E-state index contributed by atoms with van der Waals surface area (Å²) < 4.78 is 25.1. The summed E-state index contributed by atoms with van der Waals surface area (Å²) >= 11 is 3.27. The van der Waals surface area contributed by atoms with Crippen LogP contribution in [-0.2, 0) is 10.0 Å². The van der Waals surface area contributed by atoms with Gasteiger partial charge in [-0.15, -0.1) is 0 Å². The van der Waals surface area contributed by atoms with Crippen molar-refractivity contribution in [3.05, 3.63) is 88.9 Å². The molecule has 126 valence electrons. The fourth-order valence-corrected chi connectivity index (χ4v) is 3.28. The van der Waals surface area contributed by atoms with Gasteiger partial charge in [0.2, 0.25) is 0 Å². The molecule has 0 bridgehead atoms. The average molecular weight is 415 g/mol. The fraction of sp³-hybridized carbons (Fsp3) is 0. The number of nitrogens with zero attached hydrogens (tertiary/aromatic N) is 1. The summed E-state index contributed by atoms with van der Waals surface area (Å²) in [5.41, 5.74) is 3.02. The van der Waals surface area contributed by atoms with Gasteiger partial charge in [0.05, 0.1) is 11.1 Å². The van der Waals surface area contributed by atoms with E-state index in [1.54, 1.807) is 12.1 Å². The van der Waals surface area contributed by atoms with E-state index in [0.29, 0.717) is 0 Å². The molecule has 25 heavy (non-hydrogen) atoms. The number of hydrogen-bond acceptors (Lipinski definition) is 3. The smallest absolute Gasteiger partial charge is 0.200 e. The zero-order chi connectivity index (χ0) is 17.7. The second-order valence-corrected chi connectivity index (χ2v) is 7.87. The monoisotopic (exact) mass is 414 g/mol. The van der Waals surface area contributed by atoms with Crippen LogP contribution >= 0.6 is 15.9 Å². The average Bonchev–Trinajstić information content (AvgIpc) is 2.63. The number of nitrogens with one attached hydrogen (secondary N) is 1. The van der Waals surface area contributed by atoms with Crippen molar-refractivity contribution in [3.8, 4) is 11.1 Å². The number of rotatable bonds is 5. The summed E-state index contributed by atoms with van der Waals surface area (Å²) in [5, 5.41) is 3.84. The predicted molar refractivity (Wildman–Crippen MR) is 104 cm³/mol. The number of hydrazone groups is 1.